The van der Waals surface area contributed by atoms with Gasteiger partial charge in [-0.2, -0.15) is 0 Å². The van der Waals surface area contributed by atoms with Gasteiger partial charge in [0.15, 0.2) is 0 Å². The Kier molecular flexibility index (Phi) is 11.4. The molecule has 4 aromatic rings. The average Bonchev–Trinajstić information content (AvgIpc) is 3.07. The number of benzene rings is 4. The van der Waals surface area contributed by atoms with Gasteiger partial charge in [0.1, 0.15) is 12.6 Å². The van der Waals surface area contributed by atoms with Gasteiger partial charge in [-0.3, -0.25) is 13.9 Å². The number of carbonyl (C=O) groups excluding carboxylic acids is 2. The van der Waals surface area contributed by atoms with E-state index in [-0.39, 0.29) is 29.8 Å². The highest BCUT2D eigenvalue weighted by Gasteiger charge is 2.35. The lowest BCUT2D eigenvalue weighted by Gasteiger charge is -2.35. The van der Waals surface area contributed by atoms with Crippen LogP contribution in [0, 0.1) is 13.8 Å². The molecule has 0 unspecified atom stereocenters. The van der Waals surface area contributed by atoms with Gasteiger partial charge in [0.2, 0.25) is 11.8 Å². The van der Waals surface area contributed by atoms with Crippen LogP contribution >= 0.6 is 11.6 Å². The number of sulfonamides is 1. The third-order valence-corrected chi connectivity index (χ3v) is 10.9. The maximum absolute atomic E-state index is 14.7. The average molecular weight is 672 g/mol. The SMILES string of the molecule is Cc1ccc(S(=O)(=O)N(CC(=O)N(Cc2ccccc2C)[C@@H](Cc2ccccc2)C(=O)NC2CCCCC2)c2ccc(Cl)cc2)cc1. The molecule has 1 saturated carbocycles. The zero-order valence-electron chi connectivity index (χ0n) is 26.9. The summed E-state index contributed by atoms with van der Waals surface area (Å²) in [5.74, 6) is -0.722. The van der Waals surface area contributed by atoms with Gasteiger partial charge in [-0.25, -0.2) is 8.42 Å². The Labute approximate surface area is 283 Å². The highest BCUT2D eigenvalue weighted by molar-refractivity contribution is 7.92. The van der Waals surface area contributed by atoms with Crippen molar-refractivity contribution in [2.24, 2.45) is 0 Å². The highest BCUT2D eigenvalue weighted by atomic mass is 35.5. The van der Waals surface area contributed by atoms with E-state index >= 15 is 0 Å². The predicted octanol–water partition coefficient (Wildman–Crippen LogP) is 7.24. The summed E-state index contributed by atoms with van der Waals surface area (Å²) in [5.41, 5.74) is 3.96. The quantitative estimate of drug-likeness (QED) is 0.172. The van der Waals surface area contributed by atoms with Crippen LogP contribution in [-0.4, -0.2) is 43.8 Å². The molecule has 47 heavy (non-hydrogen) atoms. The van der Waals surface area contributed by atoms with Crippen LogP contribution in [0.4, 0.5) is 5.69 Å². The fourth-order valence-electron chi connectivity index (χ4n) is 6.04. The van der Waals surface area contributed by atoms with E-state index in [2.05, 4.69) is 5.32 Å². The van der Waals surface area contributed by atoms with E-state index in [1.165, 1.54) is 0 Å². The summed E-state index contributed by atoms with van der Waals surface area (Å²) in [6.07, 6.45) is 5.32. The number of halogens is 1. The van der Waals surface area contributed by atoms with E-state index in [1.807, 2.05) is 68.4 Å². The number of carbonyl (C=O) groups is 2. The van der Waals surface area contributed by atoms with Gasteiger partial charge in [0.25, 0.3) is 10.0 Å². The first-order valence-electron chi connectivity index (χ1n) is 16.1. The molecule has 1 atom stereocenters. The Balaban J connectivity index is 1.56. The first-order valence-corrected chi connectivity index (χ1v) is 18.0. The zero-order valence-corrected chi connectivity index (χ0v) is 28.5. The molecule has 5 rings (SSSR count). The minimum absolute atomic E-state index is 0.0393. The molecule has 0 spiro atoms. The van der Waals surface area contributed by atoms with Crippen molar-refractivity contribution in [1.82, 2.24) is 10.2 Å². The van der Waals surface area contributed by atoms with E-state index in [0.29, 0.717) is 10.7 Å². The largest absolute Gasteiger partial charge is 0.352 e. The predicted molar refractivity (Wildman–Crippen MR) is 188 cm³/mol. The molecule has 0 radical (unpaired) electrons. The molecule has 0 bridgehead atoms. The van der Waals surface area contributed by atoms with Crippen LogP contribution in [0.15, 0.2) is 108 Å². The van der Waals surface area contributed by atoms with Crippen molar-refractivity contribution in [3.63, 3.8) is 0 Å². The summed E-state index contributed by atoms with van der Waals surface area (Å²) in [6.45, 7) is 3.48. The van der Waals surface area contributed by atoms with Gasteiger partial charge in [0.05, 0.1) is 10.6 Å². The first kappa shape index (κ1) is 34.2. The summed E-state index contributed by atoms with van der Waals surface area (Å²) in [7, 11) is -4.18. The van der Waals surface area contributed by atoms with Crippen molar-refractivity contribution < 1.29 is 18.0 Å². The molecule has 0 aromatic heterocycles. The third kappa shape index (κ3) is 8.82. The summed E-state index contributed by atoms with van der Waals surface area (Å²) in [5, 5.41) is 3.69. The first-order chi connectivity index (χ1) is 22.6. The summed E-state index contributed by atoms with van der Waals surface area (Å²) < 4.78 is 29.5. The Bertz CT molecular complexity index is 1760. The molecule has 0 heterocycles. The van der Waals surface area contributed by atoms with Crippen molar-refractivity contribution >= 4 is 39.1 Å². The van der Waals surface area contributed by atoms with Crippen LogP contribution < -0.4 is 9.62 Å². The van der Waals surface area contributed by atoms with Crippen molar-refractivity contribution in [2.75, 3.05) is 10.8 Å². The molecule has 0 aliphatic heterocycles. The molecule has 4 aromatic carbocycles. The number of nitrogens with zero attached hydrogens (tertiary/aromatic N) is 2. The minimum atomic E-state index is -4.18. The summed E-state index contributed by atoms with van der Waals surface area (Å²) in [4.78, 5) is 30.5. The second-order valence-electron chi connectivity index (χ2n) is 12.3. The molecule has 1 fully saturated rings. The van der Waals surface area contributed by atoms with Crippen molar-refractivity contribution in [3.05, 3.63) is 130 Å². The van der Waals surface area contributed by atoms with Gasteiger partial charge in [0, 0.05) is 24.0 Å². The van der Waals surface area contributed by atoms with Crippen LogP contribution in [0.3, 0.4) is 0 Å². The molecule has 0 saturated heterocycles. The van der Waals surface area contributed by atoms with Crippen molar-refractivity contribution in [2.45, 2.75) is 75.9 Å². The third-order valence-electron chi connectivity index (χ3n) is 8.83. The Morgan fingerprint density at radius 3 is 2.13 bits per heavy atom. The van der Waals surface area contributed by atoms with Gasteiger partial charge < -0.3 is 10.2 Å². The second kappa shape index (κ2) is 15.6. The Morgan fingerprint density at radius 1 is 0.830 bits per heavy atom. The topological polar surface area (TPSA) is 86.8 Å². The number of hydrogen-bond acceptors (Lipinski definition) is 4. The van der Waals surface area contributed by atoms with Crippen LogP contribution in [0.2, 0.25) is 5.02 Å². The number of anilines is 1. The molecule has 9 heteroatoms. The van der Waals surface area contributed by atoms with Crippen LogP contribution in [0.5, 0.6) is 0 Å². The summed E-state index contributed by atoms with van der Waals surface area (Å²) in [6, 6.07) is 29.4. The lowest BCUT2D eigenvalue weighted by molar-refractivity contribution is -0.140. The Hall–Kier alpha value is -4.14. The van der Waals surface area contributed by atoms with E-state index in [1.54, 1.807) is 53.4 Å². The molecule has 7 nitrogen and oxygen atoms in total. The lowest BCUT2D eigenvalue weighted by atomic mass is 9.94. The zero-order chi connectivity index (χ0) is 33.4. The molecule has 1 N–H and O–H groups in total. The minimum Gasteiger partial charge on any atom is -0.352 e. The van der Waals surface area contributed by atoms with Gasteiger partial charge in [-0.1, -0.05) is 103 Å². The maximum Gasteiger partial charge on any atom is 0.264 e. The molecular weight excluding hydrogens is 630 g/mol. The van der Waals surface area contributed by atoms with Crippen molar-refractivity contribution in [1.29, 1.82) is 0 Å². The van der Waals surface area contributed by atoms with Crippen molar-refractivity contribution in [3.8, 4) is 0 Å². The van der Waals surface area contributed by atoms with E-state index < -0.39 is 28.5 Å². The second-order valence-corrected chi connectivity index (χ2v) is 14.6. The number of hydrogen-bond donors (Lipinski definition) is 1. The molecule has 2 amide bonds. The highest BCUT2D eigenvalue weighted by Crippen LogP contribution is 2.27. The monoisotopic (exact) mass is 671 g/mol. The van der Waals surface area contributed by atoms with Crippen LogP contribution in [0.1, 0.15) is 54.4 Å². The maximum atomic E-state index is 14.7. The number of aryl methyl sites for hydroxylation is 2. The number of amides is 2. The van der Waals surface area contributed by atoms with Gasteiger partial charge in [-0.15, -0.1) is 0 Å². The van der Waals surface area contributed by atoms with E-state index in [0.717, 1.165) is 58.7 Å². The number of rotatable bonds is 12. The fraction of sp³-hybridized carbons (Fsp3) is 0.316. The fourth-order valence-corrected chi connectivity index (χ4v) is 7.58. The van der Waals surface area contributed by atoms with Gasteiger partial charge >= 0.3 is 0 Å². The Morgan fingerprint density at radius 2 is 1.47 bits per heavy atom. The van der Waals surface area contributed by atoms with Crippen LogP contribution in [0.25, 0.3) is 0 Å². The summed E-state index contributed by atoms with van der Waals surface area (Å²) >= 11 is 6.17. The lowest BCUT2D eigenvalue weighted by Crippen LogP contribution is -2.55. The van der Waals surface area contributed by atoms with E-state index in [9.17, 15) is 18.0 Å². The van der Waals surface area contributed by atoms with E-state index in [4.69, 9.17) is 11.6 Å². The molecule has 246 valence electrons. The van der Waals surface area contributed by atoms with Crippen LogP contribution in [-0.2, 0) is 32.6 Å². The van der Waals surface area contributed by atoms with Gasteiger partial charge in [-0.05, 0) is 79.8 Å². The number of nitrogens with one attached hydrogen (secondary N) is 1. The smallest absolute Gasteiger partial charge is 0.264 e. The molecular formula is C38H42ClN3O4S. The normalized spacial score (nSPS) is 14.3. The molecule has 1 aliphatic rings. The molecule has 1 aliphatic carbocycles. The standard InChI is InChI=1S/C38H42ClN3O4S/c1-28-17-23-35(24-18-28)47(45,46)42(34-21-19-32(39)20-22-34)27-37(43)41(26-31-14-10-9-11-29(31)2)36(25-30-12-5-3-6-13-30)38(44)40-33-15-7-4-8-16-33/h3,5-6,9-14,17-24,33,36H,4,7-8,15-16,25-27H2,1-2H3,(H,40,44)/t36-/m0/s1.